The number of likely N-dealkylation sites (tertiary alicyclic amines) is 1. The number of rotatable bonds is 4. The maximum atomic E-state index is 11.5. The minimum absolute atomic E-state index is 0.123. The molecule has 0 aromatic carbocycles. The Balaban J connectivity index is 2.11. The van der Waals surface area contributed by atoms with Crippen molar-refractivity contribution in [3.63, 3.8) is 0 Å². The van der Waals surface area contributed by atoms with E-state index in [1.54, 1.807) is 0 Å². The summed E-state index contributed by atoms with van der Waals surface area (Å²) < 4.78 is 0. The minimum atomic E-state index is -0.123. The molecule has 1 saturated heterocycles. The fourth-order valence-corrected chi connectivity index (χ4v) is 1.60. The molecule has 0 unspecified atom stereocenters. The molecule has 0 atom stereocenters. The average Bonchev–Trinajstić information content (AvgIpc) is 2.70. The summed E-state index contributed by atoms with van der Waals surface area (Å²) >= 11 is 3.82. The van der Waals surface area contributed by atoms with Crippen LogP contribution in [0.2, 0.25) is 0 Å². The second kappa shape index (κ2) is 5.90. The molecule has 1 rings (SSSR count). The summed E-state index contributed by atoms with van der Waals surface area (Å²) in [5.41, 5.74) is 0. The van der Waals surface area contributed by atoms with Crippen molar-refractivity contribution in [3.8, 4) is 0 Å². The fourth-order valence-electron chi connectivity index (χ4n) is 1.49. The van der Waals surface area contributed by atoms with Crippen molar-refractivity contribution in [2.75, 3.05) is 25.4 Å². The third kappa shape index (κ3) is 3.57. The van der Waals surface area contributed by atoms with E-state index in [1.165, 1.54) is 0 Å². The normalized spacial score (nSPS) is 15.6. The van der Waals surface area contributed by atoms with E-state index in [2.05, 4.69) is 17.9 Å². The molecule has 80 valence electrons. The number of amides is 2. The molecule has 1 aliphatic rings. The highest BCUT2D eigenvalue weighted by Gasteiger charge is 2.17. The van der Waals surface area contributed by atoms with Gasteiger partial charge in [-0.2, -0.15) is 12.6 Å². The molecule has 4 nitrogen and oxygen atoms in total. The second-order valence-corrected chi connectivity index (χ2v) is 3.66. The van der Waals surface area contributed by atoms with Gasteiger partial charge in [0, 0.05) is 26.1 Å². The second-order valence-electron chi connectivity index (χ2n) is 3.35. The van der Waals surface area contributed by atoms with Gasteiger partial charge in [-0.1, -0.05) is 0 Å². The molecule has 1 heterocycles. The van der Waals surface area contributed by atoms with E-state index in [4.69, 9.17) is 0 Å². The van der Waals surface area contributed by atoms with E-state index in [9.17, 15) is 9.59 Å². The van der Waals surface area contributed by atoms with Crippen LogP contribution in [0.3, 0.4) is 0 Å². The molecule has 0 spiro atoms. The Bertz CT molecular complexity index is 215. The molecular weight excluding hydrogens is 200 g/mol. The summed E-state index contributed by atoms with van der Waals surface area (Å²) in [6.45, 7) is 2.17. The number of carbonyl (C=O) groups is 2. The Labute approximate surface area is 89.4 Å². The first kappa shape index (κ1) is 11.4. The summed E-state index contributed by atoms with van der Waals surface area (Å²) in [6.07, 6.45) is 2.61. The molecule has 1 fully saturated rings. The van der Waals surface area contributed by atoms with Gasteiger partial charge in [0.05, 0.1) is 5.75 Å². The van der Waals surface area contributed by atoms with Gasteiger partial charge >= 0.3 is 0 Å². The first-order valence-electron chi connectivity index (χ1n) is 4.89. The third-order valence-electron chi connectivity index (χ3n) is 2.26. The van der Waals surface area contributed by atoms with E-state index in [0.717, 1.165) is 25.9 Å². The highest BCUT2D eigenvalue weighted by Crippen LogP contribution is 2.08. The van der Waals surface area contributed by atoms with Gasteiger partial charge in [0.1, 0.15) is 0 Å². The monoisotopic (exact) mass is 216 g/mol. The van der Waals surface area contributed by atoms with E-state index in [-0.39, 0.29) is 17.6 Å². The van der Waals surface area contributed by atoms with Gasteiger partial charge in [-0.15, -0.1) is 0 Å². The molecule has 0 saturated carbocycles. The van der Waals surface area contributed by atoms with Crippen LogP contribution in [0, 0.1) is 0 Å². The quantitative estimate of drug-likeness (QED) is 0.652. The number of nitrogens with zero attached hydrogens (tertiary/aromatic N) is 1. The lowest BCUT2D eigenvalue weighted by molar-refractivity contribution is -0.130. The number of carbonyl (C=O) groups excluding carboxylic acids is 2. The number of hydrogen-bond donors (Lipinski definition) is 2. The van der Waals surface area contributed by atoms with Crippen molar-refractivity contribution in [3.05, 3.63) is 0 Å². The number of nitrogens with one attached hydrogen (secondary N) is 1. The molecule has 1 N–H and O–H groups in total. The van der Waals surface area contributed by atoms with Crippen LogP contribution >= 0.6 is 12.6 Å². The maximum Gasteiger partial charge on any atom is 0.229 e. The lowest BCUT2D eigenvalue weighted by atomic mass is 10.3. The van der Waals surface area contributed by atoms with Crippen LogP contribution in [0.15, 0.2) is 0 Å². The highest BCUT2D eigenvalue weighted by atomic mass is 32.1. The summed E-state index contributed by atoms with van der Waals surface area (Å²) in [5, 5.41) is 2.62. The van der Waals surface area contributed by atoms with Gasteiger partial charge in [0.2, 0.25) is 11.8 Å². The standard InChI is InChI=1S/C9H16N2O2S/c12-8(7-14)10-4-3-9(13)11-5-1-2-6-11/h14H,1-7H2,(H,10,12). The van der Waals surface area contributed by atoms with Crippen LogP contribution in [0.4, 0.5) is 0 Å². The van der Waals surface area contributed by atoms with Crippen LogP contribution in [0.25, 0.3) is 0 Å². The van der Waals surface area contributed by atoms with E-state index in [1.807, 2.05) is 4.90 Å². The summed E-state index contributed by atoms with van der Waals surface area (Å²) in [5.74, 6) is 0.197. The van der Waals surface area contributed by atoms with Gasteiger partial charge in [-0.25, -0.2) is 0 Å². The Hall–Kier alpha value is -0.710. The zero-order chi connectivity index (χ0) is 10.4. The SMILES string of the molecule is O=C(CS)NCCC(=O)N1CCCC1. The van der Waals surface area contributed by atoms with Crippen molar-refractivity contribution >= 4 is 24.4 Å². The van der Waals surface area contributed by atoms with Crippen molar-refractivity contribution in [1.29, 1.82) is 0 Å². The van der Waals surface area contributed by atoms with E-state index < -0.39 is 0 Å². The first-order chi connectivity index (χ1) is 6.74. The van der Waals surface area contributed by atoms with Gasteiger partial charge < -0.3 is 10.2 Å². The Kier molecular flexibility index (Phi) is 4.79. The summed E-state index contributed by atoms with van der Waals surface area (Å²) in [6, 6.07) is 0. The average molecular weight is 216 g/mol. The number of hydrogen-bond acceptors (Lipinski definition) is 3. The molecule has 0 aromatic rings. The van der Waals surface area contributed by atoms with Crippen molar-refractivity contribution < 1.29 is 9.59 Å². The molecule has 2 amide bonds. The van der Waals surface area contributed by atoms with Crippen LogP contribution in [-0.4, -0.2) is 42.1 Å². The van der Waals surface area contributed by atoms with E-state index >= 15 is 0 Å². The van der Waals surface area contributed by atoms with Crippen molar-refractivity contribution in [2.24, 2.45) is 0 Å². The van der Waals surface area contributed by atoms with Crippen molar-refractivity contribution in [1.82, 2.24) is 10.2 Å². The minimum Gasteiger partial charge on any atom is -0.355 e. The van der Waals surface area contributed by atoms with E-state index in [0.29, 0.717) is 13.0 Å². The van der Waals surface area contributed by atoms with Gasteiger partial charge in [0.15, 0.2) is 0 Å². The molecule has 0 radical (unpaired) electrons. The smallest absolute Gasteiger partial charge is 0.229 e. The first-order valence-corrected chi connectivity index (χ1v) is 5.52. The molecule has 0 bridgehead atoms. The van der Waals surface area contributed by atoms with Crippen LogP contribution in [-0.2, 0) is 9.59 Å². The lowest BCUT2D eigenvalue weighted by Crippen LogP contribution is -2.33. The van der Waals surface area contributed by atoms with Crippen LogP contribution < -0.4 is 5.32 Å². The Morgan fingerprint density at radius 3 is 2.50 bits per heavy atom. The van der Waals surface area contributed by atoms with Gasteiger partial charge in [-0.05, 0) is 12.8 Å². The van der Waals surface area contributed by atoms with Crippen molar-refractivity contribution in [2.45, 2.75) is 19.3 Å². The molecule has 1 aliphatic heterocycles. The third-order valence-corrected chi connectivity index (χ3v) is 2.55. The highest BCUT2D eigenvalue weighted by molar-refractivity contribution is 7.81. The lowest BCUT2D eigenvalue weighted by Gasteiger charge is -2.14. The van der Waals surface area contributed by atoms with Crippen LogP contribution in [0.1, 0.15) is 19.3 Å². The molecular formula is C9H16N2O2S. The largest absolute Gasteiger partial charge is 0.355 e. The number of thiol groups is 1. The topological polar surface area (TPSA) is 49.4 Å². The maximum absolute atomic E-state index is 11.5. The van der Waals surface area contributed by atoms with Gasteiger partial charge in [-0.3, -0.25) is 9.59 Å². The zero-order valence-electron chi connectivity index (χ0n) is 8.16. The molecule has 5 heteroatoms. The van der Waals surface area contributed by atoms with Crippen LogP contribution in [0.5, 0.6) is 0 Å². The summed E-state index contributed by atoms with van der Waals surface area (Å²) in [4.78, 5) is 24.1. The molecule has 0 aromatic heterocycles. The predicted octanol–water partition coefficient (Wildman–Crippen LogP) is 0.0449. The molecule has 14 heavy (non-hydrogen) atoms. The molecule has 0 aliphatic carbocycles. The van der Waals surface area contributed by atoms with Gasteiger partial charge in [0.25, 0.3) is 0 Å². The Morgan fingerprint density at radius 2 is 1.93 bits per heavy atom. The Morgan fingerprint density at radius 1 is 1.29 bits per heavy atom. The predicted molar refractivity (Wildman–Crippen MR) is 57.3 cm³/mol. The summed E-state index contributed by atoms with van der Waals surface area (Å²) in [7, 11) is 0. The zero-order valence-corrected chi connectivity index (χ0v) is 9.06. The fraction of sp³-hybridized carbons (Fsp3) is 0.778.